The molecule has 1 saturated heterocycles. The molecule has 0 N–H and O–H groups in total. The van der Waals surface area contributed by atoms with E-state index in [9.17, 15) is 9.18 Å². The average Bonchev–Trinajstić information content (AvgIpc) is 3.33. The number of hydrogen-bond donors (Lipinski definition) is 0. The molecule has 0 radical (unpaired) electrons. The topological polar surface area (TPSA) is 63.5 Å². The Morgan fingerprint density at radius 3 is 2.30 bits per heavy atom. The van der Waals surface area contributed by atoms with E-state index in [1.165, 1.54) is 11.6 Å². The summed E-state index contributed by atoms with van der Waals surface area (Å²) < 4.78 is 22.1. The van der Waals surface area contributed by atoms with Gasteiger partial charge in [-0.2, -0.15) is 0 Å². The third-order valence-corrected chi connectivity index (χ3v) is 8.16. The largest absolute Gasteiger partial charge is 0.483 e. The van der Waals surface area contributed by atoms with Crippen molar-refractivity contribution in [2.24, 2.45) is 0 Å². The fourth-order valence-electron chi connectivity index (χ4n) is 5.12. The SMILES string of the molecule is C[C@@H]1CN(C(=O)COc2ccc(C(C)(C)C)cc2C(C)(C)C)C[C@H](C)N1Cc1cn(-c2ccc(Br)c(F)c2)nn1. The third-order valence-electron chi connectivity index (χ3n) is 7.51. The van der Waals surface area contributed by atoms with Crippen LogP contribution in [0.25, 0.3) is 5.69 Å². The van der Waals surface area contributed by atoms with E-state index in [2.05, 4.69) is 98.7 Å². The number of benzene rings is 2. The number of carbonyl (C=O) groups excluding carboxylic acids is 1. The second-order valence-electron chi connectivity index (χ2n) is 12.9. The molecule has 1 amide bonds. The zero-order valence-corrected chi connectivity index (χ0v) is 26.4. The fraction of sp³-hybridized carbons (Fsp3) is 0.516. The van der Waals surface area contributed by atoms with Crippen molar-refractivity contribution < 1.29 is 13.9 Å². The van der Waals surface area contributed by atoms with Gasteiger partial charge in [-0.15, -0.1) is 5.10 Å². The first-order valence-corrected chi connectivity index (χ1v) is 14.6. The van der Waals surface area contributed by atoms with Crippen LogP contribution in [0, 0.1) is 5.82 Å². The summed E-state index contributed by atoms with van der Waals surface area (Å²) >= 11 is 3.18. The molecule has 40 heavy (non-hydrogen) atoms. The molecular weight excluding hydrogens is 573 g/mol. The van der Waals surface area contributed by atoms with E-state index in [0.29, 0.717) is 29.8 Å². The molecule has 1 aliphatic heterocycles. The Morgan fingerprint density at radius 1 is 1.02 bits per heavy atom. The molecule has 216 valence electrons. The molecule has 0 spiro atoms. The van der Waals surface area contributed by atoms with Gasteiger partial charge in [-0.05, 0) is 69.9 Å². The molecule has 0 saturated carbocycles. The molecule has 4 rings (SSSR count). The average molecular weight is 615 g/mol. The van der Waals surface area contributed by atoms with E-state index < -0.39 is 0 Å². The fourth-order valence-corrected chi connectivity index (χ4v) is 5.37. The van der Waals surface area contributed by atoms with Gasteiger partial charge in [-0.3, -0.25) is 9.69 Å². The van der Waals surface area contributed by atoms with E-state index in [1.54, 1.807) is 16.8 Å². The predicted molar refractivity (Wildman–Crippen MR) is 159 cm³/mol. The van der Waals surface area contributed by atoms with Crippen molar-refractivity contribution in [2.75, 3.05) is 19.7 Å². The van der Waals surface area contributed by atoms with E-state index in [4.69, 9.17) is 4.74 Å². The number of carbonyl (C=O) groups is 1. The zero-order valence-electron chi connectivity index (χ0n) is 24.8. The van der Waals surface area contributed by atoms with Crippen molar-refractivity contribution >= 4 is 21.8 Å². The van der Waals surface area contributed by atoms with Crippen molar-refractivity contribution in [1.29, 1.82) is 0 Å². The van der Waals surface area contributed by atoms with Gasteiger partial charge in [0.15, 0.2) is 6.61 Å². The minimum atomic E-state index is -0.349. The van der Waals surface area contributed by atoms with Crippen molar-refractivity contribution in [2.45, 2.75) is 84.8 Å². The first-order valence-electron chi connectivity index (χ1n) is 13.8. The Labute approximate surface area is 245 Å². The molecule has 2 atom stereocenters. The number of rotatable bonds is 6. The summed E-state index contributed by atoms with van der Waals surface area (Å²) in [6, 6.07) is 11.4. The number of nitrogens with zero attached hydrogens (tertiary/aromatic N) is 5. The highest BCUT2D eigenvalue weighted by Crippen LogP contribution is 2.35. The number of amides is 1. The Morgan fingerprint density at radius 2 is 1.70 bits per heavy atom. The van der Waals surface area contributed by atoms with Gasteiger partial charge in [0.2, 0.25) is 0 Å². The maximum atomic E-state index is 14.0. The van der Waals surface area contributed by atoms with Crippen LogP contribution in [0.5, 0.6) is 5.75 Å². The van der Waals surface area contributed by atoms with Crippen LogP contribution in [0.4, 0.5) is 4.39 Å². The Kier molecular flexibility index (Phi) is 8.76. The van der Waals surface area contributed by atoms with Gasteiger partial charge in [-0.1, -0.05) is 58.9 Å². The lowest BCUT2D eigenvalue weighted by molar-refractivity contribution is -0.138. The van der Waals surface area contributed by atoms with Gasteiger partial charge in [0, 0.05) is 37.8 Å². The first-order chi connectivity index (χ1) is 18.6. The molecule has 7 nitrogen and oxygen atoms in total. The summed E-state index contributed by atoms with van der Waals surface area (Å²) in [5.41, 5.74) is 3.68. The van der Waals surface area contributed by atoms with Crippen LogP contribution in [0.1, 0.15) is 72.2 Å². The summed E-state index contributed by atoms with van der Waals surface area (Å²) in [5, 5.41) is 8.50. The Bertz CT molecular complexity index is 1350. The summed E-state index contributed by atoms with van der Waals surface area (Å²) in [7, 11) is 0. The maximum absolute atomic E-state index is 14.0. The monoisotopic (exact) mass is 613 g/mol. The van der Waals surface area contributed by atoms with Crippen LogP contribution >= 0.6 is 15.9 Å². The Balaban J connectivity index is 1.38. The predicted octanol–water partition coefficient (Wildman–Crippen LogP) is 6.26. The zero-order chi connectivity index (χ0) is 29.4. The highest BCUT2D eigenvalue weighted by atomic mass is 79.9. The molecule has 2 heterocycles. The highest BCUT2D eigenvalue weighted by molar-refractivity contribution is 9.10. The van der Waals surface area contributed by atoms with E-state index >= 15 is 0 Å². The molecular formula is C31H41BrFN5O2. The van der Waals surface area contributed by atoms with Crippen LogP contribution in [-0.2, 0) is 22.2 Å². The first kappa shape index (κ1) is 30.2. The minimum absolute atomic E-state index is 0.00939. The summed E-state index contributed by atoms with van der Waals surface area (Å²) in [4.78, 5) is 17.5. The Hall–Kier alpha value is -2.78. The number of ether oxygens (including phenoxy) is 1. The summed E-state index contributed by atoms with van der Waals surface area (Å²) in [6.45, 7) is 19.2. The van der Waals surface area contributed by atoms with Crippen molar-refractivity contribution in [3.63, 3.8) is 0 Å². The third kappa shape index (κ3) is 6.92. The molecule has 1 aliphatic rings. The van der Waals surface area contributed by atoms with Crippen LogP contribution < -0.4 is 4.74 Å². The second kappa shape index (κ2) is 11.6. The van der Waals surface area contributed by atoms with Gasteiger partial charge in [0.05, 0.1) is 22.1 Å². The van der Waals surface area contributed by atoms with Gasteiger partial charge in [0.1, 0.15) is 11.6 Å². The van der Waals surface area contributed by atoms with E-state index in [-0.39, 0.29) is 41.2 Å². The maximum Gasteiger partial charge on any atom is 0.260 e. The molecule has 1 fully saturated rings. The van der Waals surface area contributed by atoms with Crippen LogP contribution in [0.3, 0.4) is 0 Å². The second-order valence-corrected chi connectivity index (χ2v) is 13.8. The van der Waals surface area contributed by atoms with Crippen molar-refractivity contribution in [3.8, 4) is 11.4 Å². The summed E-state index contributed by atoms with van der Waals surface area (Å²) in [6.07, 6.45) is 1.82. The van der Waals surface area contributed by atoms with Gasteiger partial charge < -0.3 is 9.64 Å². The number of halogens is 2. The van der Waals surface area contributed by atoms with Gasteiger partial charge >= 0.3 is 0 Å². The van der Waals surface area contributed by atoms with Gasteiger partial charge in [0.25, 0.3) is 5.91 Å². The van der Waals surface area contributed by atoms with E-state index in [0.717, 1.165) is 17.0 Å². The van der Waals surface area contributed by atoms with Crippen LogP contribution in [0.15, 0.2) is 47.1 Å². The summed E-state index contributed by atoms with van der Waals surface area (Å²) in [5.74, 6) is 0.404. The van der Waals surface area contributed by atoms with E-state index in [1.807, 2.05) is 17.2 Å². The van der Waals surface area contributed by atoms with Crippen molar-refractivity contribution in [3.05, 3.63) is 69.7 Å². The standard InChI is InChI=1S/C31H41BrFN5O2/c1-20-15-36(29(39)19-40-28-12-9-22(30(3,4)5)13-25(28)31(6,7)8)16-21(2)37(20)17-23-18-38(35-34-23)24-10-11-26(32)27(33)14-24/h9-14,18,20-21H,15-17,19H2,1-8H3/t20-,21+. The number of aromatic nitrogens is 3. The lowest BCUT2D eigenvalue weighted by Gasteiger charge is -2.44. The molecule has 3 aromatic rings. The lowest BCUT2D eigenvalue weighted by Crippen LogP contribution is -2.58. The normalized spacial score (nSPS) is 18.7. The molecule has 0 unspecified atom stereocenters. The minimum Gasteiger partial charge on any atom is -0.483 e. The van der Waals surface area contributed by atoms with Crippen LogP contribution in [-0.4, -0.2) is 62.5 Å². The highest BCUT2D eigenvalue weighted by Gasteiger charge is 2.33. The quantitative estimate of drug-likeness (QED) is 0.328. The molecule has 9 heteroatoms. The number of hydrogen-bond acceptors (Lipinski definition) is 5. The molecule has 0 bridgehead atoms. The molecule has 1 aromatic heterocycles. The van der Waals surface area contributed by atoms with Gasteiger partial charge in [-0.25, -0.2) is 9.07 Å². The van der Waals surface area contributed by atoms with Crippen molar-refractivity contribution in [1.82, 2.24) is 24.8 Å². The number of piperazine rings is 1. The lowest BCUT2D eigenvalue weighted by atomic mass is 9.80. The molecule has 0 aliphatic carbocycles. The van der Waals surface area contributed by atoms with Crippen LogP contribution in [0.2, 0.25) is 0 Å². The smallest absolute Gasteiger partial charge is 0.260 e. The molecule has 2 aromatic carbocycles.